The highest BCUT2D eigenvalue weighted by Gasteiger charge is 2.62. The van der Waals surface area contributed by atoms with Gasteiger partial charge in [0.05, 0.1) is 22.7 Å². The van der Waals surface area contributed by atoms with Gasteiger partial charge < -0.3 is 5.32 Å². The molecule has 0 spiro atoms. The summed E-state index contributed by atoms with van der Waals surface area (Å²) in [6.07, 6.45) is 8.07. The Morgan fingerprint density at radius 1 is 1.07 bits per heavy atom. The first-order chi connectivity index (χ1) is 13.5. The Morgan fingerprint density at radius 3 is 2.34 bits per heavy atom. The fraction of sp³-hybridized carbons (Fsp3) is 0.636. The molecule has 4 aliphatic rings. The Hall–Kier alpha value is -2.44. The second kappa shape index (κ2) is 5.58. The quantitative estimate of drug-likeness (QED) is 0.845. The average Bonchev–Trinajstić information content (AvgIpc) is 2.61. The van der Waals surface area contributed by atoms with Crippen molar-refractivity contribution in [1.82, 2.24) is 14.1 Å². The minimum atomic E-state index is -0.415. The van der Waals surface area contributed by atoms with Crippen molar-refractivity contribution in [1.29, 1.82) is 0 Å². The first kappa shape index (κ1) is 18.6. The average molecular weight is 396 g/mol. The molecule has 0 aliphatic heterocycles. The van der Waals surface area contributed by atoms with Crippen molar-refractivity contribution >= 4 is 22.6 Å². The molecule has 0 aromatic carbocycles. The molecule has 2 unspecified atom stereocenters. The summed E-state index contributed by atoms with van der Waals surface area (Å²) in [6.45, 7) is 4.69. The fourth-order valence-corrected chi connectivity index (χ4v) is 7.50. The Labute approximate surface area is 169 Å². The zero-order chi connectivity index (χ0) is 20.8. The maximum absolute atomic E-state index is 13.5. The smallest absolute Gasteiger partial charge is 0.324 e. The van der Waals surface area contributed by atoms with E-state index < -0.39 is 11.2 Å². The van der Waals surface area contributed by atoms with E-state index in [4.69, 9.17) is 0 Å². The minimum Gasteiger partial charge on any atom is -0.324 e. The van der Waals surface area contributed by atoms with Gasteiger partial charge in [0.2, 0.25) is 5.91 Å². The molecule has 29 heavy (non-hydrogen) atoms. The van der Waals surface area contributed by atoms with Crippen LogP contribution in [0.4, 0.5) is 5.69 Å². The largest absolute Gasteiger partial charge is 0.332 e. The summed E-state index contributed by atoms with van der Waals surface area (Å²) in [7, 11) is 3.04. The topological polar surface area (TPSA) is 86.0 Å². The molecule has 6 rings (SSSR count). The van der Waals surface area contributed by atoms with Crippen LogP contribution in [0.25, 0.3) is 11.0 Å². The first-order valence-corrected chi connectivity index (χ1v) is 10.4. The molecule has 4 saturated carbocycles. The summed E-state index contributed by atoms with van der Waals surface area (Å²) in [5, 5.41) is 3.40. The molecule has 7 nitrogen and oxygen atoms in total. The van der Waals surface area contributed by atoms with Gasteiger partial charge in [-0.3, -0.25) is 18.7 Å². The van der Waals surface area contributed by atoms with Crippen LogP contribution in [0.5, 0.6) is 0 Å². The maximum atomic E-state index is 13.5. The highest BCUT2D eigenvalue weighted by atomic mass is 16.2. The van der Waals surface area contributed by atoms with Gasteiger partial charge in [0.15, 0.2) is 0 Å². The highest BCUT2D eigenvalue weighted by Crippen LogP contribution is 2.69. The van der Waals surface area contributed by atoms with E-state index in [1.807, 2.05) is 0 Å². The predicted molar refractivity (Wildman–Crippen MR) is 111 cm³/mol. The normalized spacial score (nSPS) is 35.2. The van der Waals surface area contributed by atoms with Crippen molar-refractivity contribution in [3.05, 3.63) is 33.1 Å². The number of anilines is 1. The molecule has 154 valence electrons. The number of pyridine rings is 1. The number of nitrogens with one attached hydrogen (secondary N) is 1. The molecular weight excluding hydrogens is 368 g/mol. The summed E-state index contributed by atoms with van der Waals surface area (Å²) in [4.78, 5) is 42.4. The second-order valence-corrected chi connectivity index (χ2v) is 10.7. The number of hydrogen-bond acceptors (Lipinski definition) is 4. The standard InChI is InChI=1S/C22H28N4O3/c1-20-6-13-7-21(2,10-20)12-22(8-13,11-20)18(28)24-14-5-15-16(23-9-14)25(3)19(29)26(4)17(15)27/h5,9,13H,6-8,10-12H2,1-4H3,(H,24,28). The Balaban J connectivity index is 1.51. The molecule has 2 aromatic heterocycles. The molecule has 1 N–H and O–H groups in total. The molecule has 4 aliphatic carbocycles. The second-order valence-electron chi connectivity index (χ2n) is 10.7. The van der Waals surface area contributed by atoms with Gasteiger partial charge in [-0.25, -0.2) is 9.78 Å². The number of amides is 1. The first-order valence-electron chi connectivity index (χ1n) is 10.4. The van der Waals surface area contributed by atoms with Gasteiger partial charge in [-0.05, 0) is 61.3 Å². The van der Waals surface area contributed by atoms with Crippen LogP contribution in [0.2, 0.25) is 0 Å². The molecule has 0 saturated heterocycles. The number of hydrogen-bond donors (Lipinski definition) is 1. The minimum absolute atomic E-state index is 0.0573. The van der Waals surface area contributed by atoms with Crippen molar-refractivity contribution in [2.24, 2.45) is 36.3 Å². The lowest BCUT2D eigenvalue weighted by Crippen LogP contribution is -2.58. The molecule has 1 amide bonds. The molecule has 4 bridgehead atoms. The van der Waals surface area contributed by atoms with Crippen LogP contribution in [0.15, 0.2) is 21.9 Å². The van der Waals surface area contributed by atoms with Crippen molar-refractivity contribution in [2.75, 3.05) is 5.32 Å². The summed E-state index contributed by atoms with van der Waals surface area (Å²) < 4.78 is 2.42. The molecule has 2 atom stereocenters. The lowest BCUT2D eigenvalue weighted by atomic mass is 9.40. The van der Waals surface area contributed by atoms with E-state index in [2.05, 4.69) is 24.1 Å². The molecule has 2 heterocycles. The molecule has 0 radical (unpaired) electrons. The molecule has 4 fully saturated rings. The number of nitrogens with zero attached hydrogens (tertiary/aromatic N) is 3. The Kier molecular flexibility index (Phi) is 3.58. The number of carbonyl (C=O) groups excluding carboxylic acids is 1. The summed E-state index contributed by atoms with van der Waals surface area (Å²) in [6, 6.07) is 1.64. The third-order valence-electron chi connectivity index (χ3n) is 7.66. The maximum Gasteiger partial charge on any atom is 0.332 e. The van der Waals surface area contributed by atoms with Crippen molar-refractivity contribution in [2.45, 2.75) is 52.4 Å². The Bertz CT molecular complexity index is 1160. The van der Waals surface area contributed by atoms with Gasteiger partial charge >= 0.3 is 5.69 Å². The molecule has 7 heteroatoms. The monoisotopic (exact) mass is 396 g/mol. The SMILES string of the molecule is Cn1c(=O)c2cc(NC(=O)C34CC5CC(C)(CC(C)(C5)C3)C4)cnc2n(C)c1=O. The van der Waals surface area contributed by atoms with Gasteiger partial charge in [-0.1, -0.05) is 13.8 Å². The van der Waals surface area contributed by atoms with Crippen LogP contribution >= 0.6 is 0 Å². The van der Waals surface area contributed by atoms with Gasteiger partial charge in [0, 0.05) is 14.1 Å². The van der Waals surface area contributed by atoms with Crippen molar-refractivity contribution in [3.8, 4) is 0 Å². The number of rotatable bonds is 2. The Morgan fingerprint density at radius 2 is 1.72 bits per heavy atom. The molecular formula is C22H28N4O3. The summed E-state index contributed by atoms with van der Waals surface area (Å²) in [5.41, 5.74) is 0.202. The predicted octanol–water partition coefficient (Wildman–Crippen LogP) is 2.57. The van der Waals surface area contributed by atoms with E-state index in [0.717, 1.165) is 23.8 Å². The number of aromatic nitrogens is 3. The van der Waals surface area contributed by atoms with Gasteiger partial charge in [-0.2, -0.15) is 0 Å². The fourth-order valence-electron chi connectivity index (χ4n) is 7.50. The third-order valence-corrected chi connectivity index (χ3v) is 7.66. The van der Waals surface area contributed by atoms with E-state index >= 15 is 0 Å². The zero-order valence-corrected chi connectivity index (χ0v) is 17.5. The highest BCUT2D eigenvalue weighted by molar-refractivity contribution is 5.97. The summed E-state index contributed by atoms with van der Waals surface area (Å²) >= 11 is 0. The van der Waals surface area contributed by atoms with E-state index in [-0.39, 0.29) is 22.2 Å². The number of carbonyl (C=O) groups is 1. The van der Waals surface area contributed by atoms with Gasteiger partial charge in [0.25, 0.3) is 5.56 Å². The van der Waals surface area contributed by atoms with Crippen LogP contribution < -0.4 is 16.6 Å². The van der Waals surface area contributed by atoms with E-state index in [1.165, 1.54) is 30.9 Å². The van der Waals surface area contributed by atoms with Gasteiger partial charge in [-0.15, -0.1) is 0 Å². The number of aryl methyl sites for hydroxylation is 1. The van der Waals surface area contributed by atoms with Gasteiger partial charge in [0.1, 0.15) is 5.65 Å². The van der Waals surface area contributed by atoms with E-state index in [0.29, 0.717) is 22.6 Å². The van der Waals surface area contributed by atoms with Crippen LogP contribution in [-0.4, -0.2) is 20.0 Å². The van der Waals surface area contributed by atoms with E-state index in [9.17, 15) is 14.4 Å². The summed E-state index contributed by atoms with van der Waals surface area (Å²) in [5.74, 6) is 0.686. The van der Waals surface area contributed by atoms with Crippen LogP contribution in [0.1, 0.15) is 52.4 Å². The third kappa shape index (κ3) is 2.62. The van der Waals surface area contributed by atoms with Crippen LogP contribution in [0, 0.1) is 22.2 Å². The number of fused-ring (bicyclic) bond motifs is 1. The van der Waals surface area contributed by atoms with Crippen LogP contribution in [0.3, 0.4) is 0 Å². The van der Waals surface area contributed by atoms with Crippen LogP contribution in [-0.2, 0) is 18.9 Å². The van der Waals surface area contributed by atoms with E-state index in [1.54, 1.807) is 19.3 Å². The lowest BCUT2D eigenvalue weighted by molar-refractivity contribution is -0.165. The van der Waals surface area contributed by atoms with Crippen molar-refractivity contribution in [3.63, 3.8) is 0 Å². The zero-order valence-electron chi connectivity index (χ0n) is 17.5. The van der Waals surface area contributed by atoms with Crippen molar-refractivity contribution < 1.29 is 4.79 Å². The molecule has 2 aromatic rings. The lowest BCUT2D eigenvalue weighted by Gasteiger charge is -2.64.